The minimum atomic E-state index is -4.48. The lowest BCUT2D eigenvalue weighted by Crippen LogP contribution is -2.35. The molecule has 136 valence electrons. The Morgan fingerprint density at radius 3 is 2.85 bits per heavy atom. The number of likely N-dealkylation sites (N-methyl/N-ethyl adjacent to an activating group) is 1. The van der Waals surface area contributed by atoms with Gasteiger partial charge in [-0.25, -0.2) is 9.97 Å². The number of hydrogen-bond acceptors (Lipinski definition) is 5. The van der Waals surface area contributed by atoms with E-state index in [1.54, 1.807) is 18.0 Å². The molecule has 8 heteroatoms. The summed E-state index contributed by atoms with van der Waals surface area (Å²) < 4.78 is 38.5. The number of halogens is 3. The Bertz CT molecular complexity index is 815. The number of anilines is 1. The first-order valence-electron chi connectivity index (χ1n) is 8.20. The molecule has 3 rings (SSSR count). The van der Waals surface area contributed by atoms with E-state index in [-0.39, 0.29) is 11.9 Å². The van der Waals surface area contributed by atoms with Crippen molar-refractivity contribution in [1.82, 2.24) is 14.9 Å². The predicted octanol–water partition coefficient (Wildman–Crippen LogP) is 3.08. The first-order chi connectivity index (χ1) is 12.4. The highest BCUT2D eigenvalue weighted by Gasteiger charge is 2.34. The van der Waals surface area contributed by atoms with Crippen LogP contribution in [0.4, 0.5) is 19.0 Å². The normalized spacial score (nSPS) is 17.9. The van der Waals surface area contributed by atoms with Gasteiger partial charge in [-0.3, -0.25) is 4.90 Å². The first kappa shape index (κ1) is 18.1. The number of nitrogens with zero attached hydrogens (tertiary/aromatic N) is 5. The van der Waals surface area contributed by atoms with Gasteiger partial charge < -0.3 is 4.90 Å². The van der Waals surface area contributed by atoms with Crippen molar-refractivity contribution in [2.75, 3.05) is 25.0 Å². The zero-order chi connectivity index (χ0) is 18.7. The lowest BCUT2D eigenvalue weighted by Gasteiger charge is -2.26. The quantitative estimate of drug-likeness (QED) is 0.838. The Morgan fingerprint density at radius 2 is 2.12 bits per heavy atom. The van der Waals surface area contributed by atoms with Crippen LogP contribution in [0.5, 0.6) is 0 Å². The average Bonchev–Trinajstić information content (AvgIpc) is 3.09. The van der Waals surface area contributed by atoms with E-state index in [1.165, 1.54) is 0 Å². The Labute approximate surface area is 149 Å². The van der Waals surface area contributed by atoms with Gasteiger partial charge in [0.25, 0.3) is 0 Å². The second-order valence-corrected chi connectivity index (χ2v) is 6.36. The standard InChI is InChI=1S/C18H18F3N5/c1-25(17-8-16(18(19,20)21)23-12-24-17)15-5-6-26(11-15)10-14-4-2-3-13(7-14)9-22/h2-4,7-8,12,15H,5-6,10-11H2,1H3. The number of hydrogen-bond donors (Lipinski definition) is 0. The van der Waals surface area contributed by atoms with Gasteiger partial charge in [0.1, 0.15) is 17.8 Å². The third kappa shape index (κ3) is 4.11. The summed E-state index contributed by atoms with van der Waals surface area (Å²) >= 11 is 0. The average molecular weight is 361 g/mol. The molecular formula is C18H18F3N5. The third-order valence-electron chi connectivity index (χ3n) is 4.56. The summed E-state index contributed by atoms with van der Waals surface area (Å²) in [6, 6.07) is 10.6. The Hall–Kier alpha value is -2.66. The highest BCUT2D eigenvalue weighted by atomic mass is 19.4. The maximum Gasteiger partial charge on any atom is 0.433 e. The van der Waals surface area contributed by atoms with Crippen LogP contribution in [0.25, 0.3) is 0 Å². The minimum Gasteiger partial charge on any atom is -0.355 e. The summed E-state index contributed by atoms with van der Waals surface area (Å²) in [5.74, 6) is 0.269. The van der Waals surface area contributed by atoms with Gasteiger partial charge in [0.15, 0.2) is 0 Å². The number of rotatable bonds is 4. The van der Waals surface area contributed by atoms with Gasteiger partial charge in [-0.05, 0) is 24.1 Å². The second-order valence-electron chi connectivity index (χ2n) is 6.36. The Morgan fingerprint density at radius 1 is 1.31 bits per heavy atom. The maximum atomic E-state index is 12.8. The maximum absolute atomic E-state index is 12.8. The molecule has 0 radical (unpaired) electrons. The number of benzene rings is 1. The molecule has 1 aromatic heterocycles. The zero-order valence-electron chi connectivity index (χ0n) is 14.2. The van der Waals surface area contributed by atoms with Crippen molar-refractivity contribution in [2.45, 2.75) is 25.2 Å². The van der Waals surface area contributed by atoms with Crippen LogP contribution in [-0.2, 0) is 12.7 Å². The van der Waals surface area contributed by atoms with Crippen molar-refractivity contribution in [3.8, 4) is 6.07 Å². The van der Waals surface area contributed by atoms with E-state index in [9.17, 15) is 13.2 Å². The predicted molar refractivity (Wildman–Crippen MR) is 90.3 cm³/mol. The molecular weight excluding hydrogens is 343 g/mol. The van der Waals surface area contributed by atoms with Crippen LogP contribution in [0.2, 0.25) is 0 Å². The number of nitriles is 1. The van der Waals surface area contributed by atoms with Crippen LogP contribution in [0.1, 0.15) is 23.2 Å². The van der Waals surface area contributed by atoms with Crippen molar-refractivity contribution in [2.24, 2.45) is 0 Å². The summed E-state index contributed by atoms with van der Waals surface area (Å²) in [5, 5.41) is 8.98. The molecule has 1 aliphatic rings. The monoisotopic (exact) mass is 361 g/mol. The van der Waals surface area contributed by atoms with E-state index in [0.29, 0.717) is 12.1 Å². The van der Waals surface area contributed by atoms with Gasteiger partial charge in [0, 0.05) is 38.8 Å². The molecule has 1 aliphatic heterocycles. The summed E-state index contributed by atoms with van der Waals surface area (Å²) in [6.07, 6.45) is -2.69. The summed E-state index contributed by atoms with van der Waals surface area (Å²) in [7, 11) is 1.76. The molecule has 1 atom stereocenters. The van der Waals surface area contributed by atoms with Crippen molar-refractivity contribution < 1.29 is 13.2 Å². The van der Waals surface area contributed by atoms with Crippen molar-refractivity contribution in [3.63, 3.8) is 0 Å². The molecule has 5 nitrogen and oxygen atoms in total. The molecule has 0 spiro atoms. The first-order valence-corrected chi connectivity index (χ1v) is 8.20. The van der Waals surface area contributed by atoms with E-state index < -0.39 is 11.9 Å². The van der Waals surface area contributed by atoms with Crippen LogP contribution < -0.4 is 4.90 Å². The fourth-order valence-corrected chi connectivity index (χ4v) is 3.15. The molecule has 26 heavy (non-hydrogen) atoms. The molecule has 0 N–H and O–H groups in total. The zero-order valence-corrected chi connectivity index (χ0v) is 14.2. The lowest BCUT2D eigenvalue weighted by atomic mass is 10.1. The van der Waals surface area contributed by atoms with Gasteiger partial charge in [-0.1, -0.05) is 12.1 Å². The van der Waals surface area contributed by atoms with Crippen molar-refractivity contribution >= 4 is 5.82 Å². The largest absolute Gasteiger partial charge is 0.433 e. The van der Waals surface area contributed by atoms with Gasteiger partial charge in [0.2, 0.25) is 0 Å². The molecule has 1 fully saturated rings. The molecule has 0 aliphatic carbocycles. The highest BCUT2D eigenvalue weighted by Crippen LogP contribution is 2.30. The van der Waals surface area contributed by atoms with Crippen molar-refractivity contribution in [1.29, 1.82) is 5.26 Å². The molecule has 1 unspecified atom stereocenters. The highest BCUT2D eigenvalue weighted by molar-refractivity contribution is 5.40. The Kier molecular flexibility index (Phi) is 5.09. The van der Waals surface area contributed by atoms with Gasteiger partial charge in [-0.2, -0.15) is 18.4 Å². The molecule has 0 bridgehead atoms. The fourth-order valence-electron chi connectivity index (χ4n) is 3.15. The van der Waals surface area contributed by atoms with Crippen LogP contribution in [-0.4, -0.2) is 41.0 Å². The van der Waals surface area contributed by atoms with E-state index in [4.69, 9.17) is 5.26 Å². The molecule has 0 amide bonds. The SMILES string of the molecule is CN(c1cc(C(F)(F)F)ncn1)C1CCN(Cc2cccc(C#N)c2)C1. The van der Waals surface area contributed by atoms with E-state index in [1.807, 2.05) is 18.2 Å². The molecule has 0 saturated carbocycles. The minimum absolute atomic E-state index is 0.0742. The number of alkyl halides is 3. The van der Waals surface area contributed by atoms with E-state index in [0.717, 1.165) is 37.5 Å². The third-order valence-corrected chi connectivity index (χ3v) is 4.56. The van der Waals surface area contributed by atoms with E-state index in [2.05, 4.69) is 20.9 Å². The van der Waals surface area contributed by atoms with Gasteiger partial charge >= 0.3 is 6.18 Å². The summed E-state index contributed by atoms with van der Waals surface area (Å²) in [4.78, 5) is 11.3. The van der Waals surface area contributed by atoms with Gasteiger partial charge in [-0.15, -0.1) is 0 Å². The molecule has 2 heterocycles. The second kappa shape index (κ2) is 7.30. The van der Waals surface area contributed by atoms with E-state index >= 15 is 0 Å². The molecule has 2 aromatic rings. The van der Waals surface area contributed by atoms with Crippen LogP contribution >= 0.6 is 0 Å². The van der Waals surface area contributed by atoms with Gasteiger partial charge in [0.05, 0.1) is 11.6 Å². The smallest absolute Gasteiger partial charge is 0.355 e. The summed E-state index contributed by atoms with van der Waals surface area (Å²) in [6.45, 7) is 2.26. The number of likely N-dealkylation sites (tertiary alicyclic amines) is 1. The number of aromatic nitrogens is 2. The topological polar surface area (TPSA) is 56.1 Å². The summed E-state index contributed by atoms with van der Waals surface area (Å²) in [5.41, 5.74) is 0.738. The van der Waals surface area contributed by atoms with Crippen LogP contribution in [0.3, 0.4) is 0 Å². The molecule has 1 aromatic carbocycles. The molecule has 1 saturated heterocycles. The van der Waals surface area contributed by atoms with Crippen molar-refractivity contribution in [3.05, 3.63) is 53.5 Å². The van der Waals surface area contributed by atoms with Crippen LogP contribution in [0.15, 0.2) is 36.7 Å². The lowest BCUT2D eigenvalue weighted by molar-refractivity contribution is -0.141. The fraction of sp³-hybridized carbons (Fsp3) is 0.389. The Balaban J connectivity index is 1.66. The van der Waals surface area contributed by atoms with Crippen LogP contribution in [0, 0.1) is 11.3 Å².